The summed E-state index contributed by atoms with van der Waals surface area (Å²) in [6.45, 7) is 6.82. The van der Waals surface area contributed by atoms with Gasteiger partial charge in [-0.2, -0.15) is 0 Å². The van der Waals surface area contributed by atoms with Crippen LogP contribution in [0.2, 0.25) is 0 Å². The Bertz CT molecular complexity index is 789. The summed E-state index contributed by atoms with van der Waals surface area (Å²) in [7, 11) is 1.63. The van der Waals surface area contributed by atoms with Gasteiger partial charge >= 0.3 is 0 Å². The lowest BCUT2D eigenvalue weighted by molar-refractivity contribution is -0.0363. The molecular formula is C23H29N3O3. The highest BCUT2D eigenvalue weighted by Crippen LogP contribution is 2.18. The molecule has 29 heavy (non-hydrogen) atoms. The average Bonchev–Trinajstić information content (AvgIpc) is 2.80. The third-order valence-electron chi connectivity index (χ3n) is 5.72. The molecule has 2 aliphatic heterocycles. The van der Waals surface area contributed by atoms with Gasteiger partial charge in [-0.1, -0.05) is 18.2 Å². The quantitative estimate of drug-likeness (QED) is 0.778. The molecule has 2 aromatic carbocycles. The second-order valence-electron chi connectivity index (χ2n) is 7.60. The van der Waals surface area contributed by atoms with Gasteiger partial charge < -0.3 is 19.3 Å². The Morgan fingerprint density at radius 2 is 1.72 bits per heavy atom. The summed E-state index contributed by atoms with van der Waals surface area (Å²) < 4.78 is 11.2. The number of hydrogen-bond donors (Lipinski definition) is 0. The van der Waals surface area contributed by atoms with Crippen molar-refractivity contribution in [2.75, 3.05) is 64.4 Å². The first-order valence-electron chi connectivity index (χ1n) is 10.3. The number of carbonyl (C=O) groups is 1. The van der Waals surface area contributed by atoms with Crippen molar-refractivity contribution < 1.29 is 14.3 Å². The largest absolute Gasteiger partial charge is 0.497 e. The molecule has 2 aliphatic rings. The minimum absolute atomic E-state index is 0.0641. The molecule has 1 amide bonds. The van der Waals surface area contributed by atoms with Gasteiger partial charge in [0.2, 0.25) is 0 Å². The van der Waals surface area contributed by atoms with Crippen LogP contribution in [0.1, 0.15) is 10.4 Å². The molecule has 0 spiro atoms. The van der Waals surface area contributed by atoms with Crippen LogP contribution in [0, 0.1) is 0 Å². The molecule has 6 heteroatoms. The van der Waals surface area contributed by atoms with Gasteiger partial charge in [0.15, 0.2) is 0 Å². The third-order valence-corrected chi connectivity index (χ3v) is 5.72. The zero-order chi connectivity index (χ0) is 20.1. The summed E-state index contributed by atoms with van der Waals surface area (Å²) in [6, 6.07) is 17.9. The van der Waals surface area contributed by atoms with Crippen molar-refractivity contribution in [3.63, 3.8) is 0 Å². The fourth-order valence-electron chi connectivity index (χ4n) is 4.05. The summed E-state index contributed by atoms with van der Waals surface area (Å²) in [4.78, 5) is 19.6. The van der Waals surface area contributed by atoms with Gasteiger partial charge in [-0.05, 0) is 36.4 Å². The van der Waals surface area contributed by atoms with E-state index in [2.05, 4.69) is 40.1 Å². The number of ether oxygens (including phenoxy) is 2. The Kier molecular flexibility index (Phi) is 6.32. The van der Waals surface area contributed by atoms with Crippen LogP contribution in [-0.4, -0.2) is 81.3 Å². The zero-order valence-corrected chi connectivity index (χ0v) is 17.0. The van der Waals surface area contributed by atoms with Crippen LogP contribution in [0.3, 0.4) is 0 Å². The average molecular weight is 396 g/mol. The van der Waals surface area contributed by atoms with E-state index in [-0.39, 0.29) is 12.0 Å². The van der Waals surface area contributed by atoms with E-state index in [9.17, 15) is 4.79 Å². The lowest BCUT2D eigenvalue weighted by Crippen LogP contribution is -2.53. The van der Waals surface area contributed by atoms with Crippen molar-refractivity contribution in [1.29, 1.82) is 0 Å². The van der Waals surface area contributed by atoms with Gasteiger partial charge in [0, 0.05) is 57.1 Å². The molecule has 0 aromatic heterocycles. The summed E-state index contributed by atoms with van der Waals surface area (Å²) >= 11 is 0. The van der Waals surface area contributed by atoms with Gasteiger partial charge in [-0.15, -0.1) is 0 Å². The van der Waals surface area contributed by atoms with E-state index in [0.717, 1.165) is 38.5 Å². The van der Waals surface area contributed by atoms with E-state index < -0.39 is 0 Å². The number of methoxy groups -OCH3 is 1. The van der Waals surface area contributed by atoms with Gasteiger partial charge in [-0.25, -0.2) is 0 Å². The van der Waals surface area contributed by atoms with E-state index in [0.29, 0.717) is 25.3 Å². The molecule has 154 valence electrons. The summed E-state index contributed by atoms with van der Waals surface area (Å²) in [5.41, 5.74) is 1.99. The Morgan fingerprint density at radius 3 is 2.41 bits per heavy atom. The maximum atomic E-state index is 12.8. The van der Waals surface area contributed by atoms with Crippen LogP contribution in [0.15, 0.2) is 54.6 Å². The minimum atomic E-state index is 0.0641. The molecule has 6 nitrogen and oxygen atoms in total. The predicted octanol–water partition coefficient (Wildman–Crippen LogP) is 2.36. The molecular weight excluding hydrogens is 366 g/mol. The number of morpholine rings is 1. The number of hydrogen-bond acceptors (Lipinski definition) is 5. The number of rotatable bonds is 5. The molecule has 2 fully saturated rings. The van der Waals surface area contributed by atoms with Crippen molar-refractivity contribution in [3.05, 3.63) is 60.2 Å². The Balaban J connectivity index is 1.28. The third kappa shape index (κ3) is 4.89. The minimum Gasteiger partial charge on any atom is -0.497 e. The van der Waals surface area contributed by atoms with Crippen LogP contribution in [0.4, 0.5) is 5.69 Å². The number of piperazine rings is 1. The van der Waals surface area contributed by atoms with Crippen LogP contribution in [0.25, 0.3) is 0 Å². The maximum Gasteiger partial charge on any atom is 0.254 e. The Morgan fingerprint density at radius 1 is 1.00 bits per heavy atom. The van der Waals surface area contributed by atoms with Crippen molar-refractivity contribution in [2.45, 2.75) is 6.10 Å². The first-order chi connectivity index (χ1) is 14.2. The highest BCUT2D eigenvalue weighted by atomic mass is 16.5. The number of amides is 1. The molecule has 0 saturated carbocycles. The number of anilines is 1. The molecule has 0 N–H and O–H groups in total. The van der Waals surface area contributed by atoms with Crippen molar-refractivity contribution in [2.24, 2.45) is 0 Å². The molecule has 0 aliphatic carbocycles. The Hall–Kier alpha value is -2.57. The molecule has 0 radical (unpaired) electrons. The van der Waals surface area contributed by atoms with E-state index in [1.165, 1.54) is 5.69 Å². The number of benzene rings is 2. The fraction of sp³-hybridized carbons (Fsp3) is 0.435. The maximum absolute atomic E-state index is 12.8. The SMILES string of the molecule is COc1ccc(C(=O)N2CCOC(CN3CCN(c4ccccc4)CC3)C2)cc1. The van der Waals surface area contributed by atoms with Crippen molar-refractivity contribution in [3.8, 4) is 5.75 Å². The molecule has 1 atom stereocenters. The van der Waals surface area contributed by atoms with E-state index in [1.54, 1.807) is 7.11 Å². The van der Waals surface area contributed by atoms with Gasteiger partial charge in [0.1, 0.15) is 5.75 Å². The summed E-state index contributed by atoms with van der Waals surface area (Å²) in [5.74, 6) is 0.825. The highest BCUT2D eigenvalue weighted by molar-refractivity contribution is 5.94. The normalized spacial score (nSPS) is 20.5. The second kappa shape index (κ2) is 9.29. The standard InChI is InChI=1S/C23H29N3O3/c1-28-21-9-7-19(8-10-21)23(27)26-15-16-29-22(18-26)17-24-11-13-25(14-12-24)20-5-3-2-4-6-20/h2-10,22H,11-18H2,1H3. The summed E-state index contributed by atoms with van der Waals surface area (Å²) in [6.07, 6.45) is 0.0641. The molecule has 2 saturated heterocycles. The van der Waals surface area contributed by atoms with Gasteiger partial charge in [-0.3, -0.25) is 9.69 Å². The predicted molar refractivity (Wildman–Crippen MR) is 114 cm³/mol. The van der Waals surface area contributed by atoms with Crippen molar-refractivity contribution in [1.82, 2.24) is 9.80 Å². The van der Waals surface area contributed by atoms with Crippen LogP contribution < -0.4 is 9.64 Å². The van der Waals surface area contributed by atoms with E-state index in [4.69, 9.17) is 9.47 Å². The molecule has 4 rings (SSSR count). The zero-order valence-electron chi connectivity index (χ0n) is 17.0. The number of para-hydroxylation sites is 1. The van der Waals surface area contributed by atoms with Crippen molar-refractivity contribution >= 4 is 11.6 Å². The lowest BCUT2D eigenvalue weighted by Gasteiger charge is -2.40. The fourth-order valence-corrected chi connectivity index (χ4v) is 4.05. The second-order valence-corrected chi connectivity index (χ2v) is 7.60. The summed E-state index contributed by atoms with van der Waals surface area (Å²) in [5, 5.41) is 0. The monoisotopic (exact) mass is 395 g/mol. The number of carbonyl (C=O) groups excluding carboxylic acids is 1. The Labute approximate surface area is 172 Å². The smallest absolute Gasteiger partial charge is 0.254 e. The van der Waals surface area contributed by atoms with E-state index >= 15 is 0 Å². The molecule has 2 aromatic rings. The first-order valence-corrected chi connectivity index (χ1v) is 10.3. The van der Waals surface area contributed by atoms with Gasteiger partial charge in [0.05, 0.1) is 19.8 Å². The van der Waals surface area contributed by atoms with Crippen LogP contribution >= 0.6 is 0 Å². The molecule has 0 bridgehead atoms. The molecule has 2 heterocycles. The van der Waals surface area contributed by atoms with Crippen LogP contribution in [-0.2, 0) is 4.74 Å². The molecule has 1 unspecified atom stereocenters. The lowest BCUT2D eigenvalue weighted by atomic mass is 10.1. The first kappa shape index (κ1) is 19.7. The topological polar surface area (TPSA) is 45.2 Å². The van der Waals surface area contributed by atoms with E-state index in [1.807, 2.05) is 29.2 Å². The van der Waals surface area contributed by atoms with Gasteiger partial charge in [0.25, 0.3) is 5.91 Å². The highest BCUT2D eigenvalue weighted by Gasteiger charge is 2.28. The number of nitrogens with zero attached hydrogens (tertiary/aromatic N) is 3. The van der Waals surface area contributed by atoms with Crippen LogP contribution in [0.5, 0.6) is 5.75 Å².